The fourth-order valence-corrected chi connectivity index (χ4v) is 3.06. The van der Waals surface area contributed by atoms with Gasteiger partial charge >= 0.3 is 0 Å². The molecule has 0 aliphatic rings. The Morgan fingerprint density at radius 1 is 1.04 bits per heavy atom. The SMILES string of the molecule is C=C/C=C\c1c(C)c(/C(=C\C=C)C(C)C)n(C(=C)/C=C\C(C)C=C)c1C. The number of hydrogen-bond acceptors (Lipinski definition) is 0. The third-order valence-electron chi connectivity index (χ3n) is 4.55. The standard InChI is InChI=1S/C25H33N/c1-10-13-15-24-21(8)25(23(14-11-2)18(4)5)26(22(24)9)20(7)17-16-19(6)12-3/h10-19H,1-3,7H2,4-6,8-9H3/b15-13-,17-16-,23-14-. The molecule has 1 nitrogen and oxygen atoms in total. The van der Waals surface area contributed by atoms with Crippen LogP contribution in [0.4, 0.5) is 0 Å². The lowest BCUT2D eigenvalue weighted by Gasteiger charge is -2.18. The summed E-state index contributed by atoms with van der Waals surface area (Å²) in [4.78, 5) is 0. The minimum absolute atomic E-state index is 0.306. The molecular weight excluding hydrogens is 314 g/mol. The second kappa shape index (κ2) is 9.82. The normalized spacial score (nSPS) is 13.5. The monoisotopic (exact) mass is 347 g/mol. The van der Waals surface area contributed by atoms with E-state index in [9.17, 15) is 0 Å². The van der Waals surface area contributed by atoms with Crippen LogP contribution in [0.5, 0.6) is 0 Å². The number of aromatic nitrogens is 1. The predicted octanol–water partition coefficient (Wildman–Crippen LogP) is 7.38. The van der Waals surface area contributed by atoms with E-state index in [0.717, 1.165) is 5.70 Å². The van der Waals surface area contributed by atoms with E-state index in [2.05, 4.69) is 89.8 Å². The van der Waals surface area contributed by atoms with Gasteiger partial charge < -0.3 is 4.57 Å². The van der Waals surface area contributed by atoms with Gasteiger partial charge in [-0.05, 0) is 48.5 Å². The number of rotatable bonds is 9. The highest BCUT2D eigenvalue weighted by molar-refractivity contribution is 5.78. The fraction of sp³-hybridized carbons (Fsp3) is 0.280. The average Bonchev–Trinajstić information content (AvgIpc) is 2.85. The molecule has 0 aromatic carbocycles. The molecule has 1 rings (SSSR count). The third kappa shape index (κ3) is 4.76. The fourth-order valence-electron chi connectivity index (χ4n) is 3.06. The van der Waals surface area contributed by atoms with Crippen molar-refractivity contribution in [1.29, 1.82) is 0 Å². The molecule has 0 radical (unpaired) electrons. The minimum Gasteiger partial charge on any atom is -0.314 e. The van der Waals surface area contributed by atoms with Crippen LogP contribution in [0.2, 0.25) is 0 Å². The van der Waals surface area contributed by atoms with E-state index in [1.807, 2.05) is 18.2 Å². The highest BCUT2D eigenvalue weighted by Crippen LogP contribution is 2.35. The molecule has 1 heteroatoms. The van der Waals surface area contributed by atoms with Crippen molar-refractivity contribution in [2.75, 3.05) is 0 Å². The largest absolute Gasteiger partial charge is 0.314 e. The highest BCUT2D eigenvalue weighted by atomic mass is 15.0. The Kier molecular flexibility index (Phi) is 8.12. The molecule has 1 heterocycles. The van der Waals surface area contributed by atoms with E-state index in [-0.39, 0.29) is 0 Å². The molecule has 0 spiro atoms. The first-order chi connectivity index (χ1) is 12.3. The van der Waals surface area contributed by atoms with Crippen molar-refractivity contribution in [2.45, 2.75) is 34.6 Å². The number of allylic oxidation sites excluding steroid dienone is 9. The molecule has 0 saturated carbocycles. The number of hydrogen-bond donors (Lipinski definition) is 0. The molecular formula is C25H33N. The summed E-state index contributed by atoms with van der Waals surface area (Å²) in [6.45, 7) is 26.7. The molecule has 0 saturated heterocycles. The Morgan fingerprint density at radius 3 is 2.19 bits per heavy atom. The molecule has 1 atom stereocenters. The maximum absolute atomic E-state index is 4.33. The van der Waals surface area contributed by atoms with E-state index in [1.165, 1.54) is 28.1 Å². The van der Waals surface area contributed by atoms with Crippen molar-refractivity contribution < 1.29 is 0 Å². The zero-order chi connectivity index (χ0) is 19.9. The Balaban J connectivity index is 3.73. The lowest BCUT2D eigenvalue weighted by atomic mass is 9.95. The Labute approximate surface area is 160 Å². The van der Waals surface area contributed by atoms with Gasteiger partial charge in [0.2, 0.25) is 0 Å². The summed E-state index contributed by atoms with van der Waals surface area (Å²) >= 11 is 0. The molecule has 0 fully saturated rings. The Morgan fingerprint density at radius 2 is 1.69 bits per heavy atom. The molecule has 138 valence electrons. The van der Waals surface area contributed by atoms with Crippen LogP contribution >= 0.6 is 0 Å². The number of nitrogens with zero attached hydrogens (tertiary/aromatic N) is 1. The first kappa shape index (κ1) is 21.5. The molecule has 1 unspecified atom stereocenters. The van der Waals surface area contributed by atoms with Gasteiger partial charge in [-0.1, -0.05) is 83.0 Å². The van der Waals surface area contributed by atoms with Gasteiger partial charge in [0.15, 0.2) is 0 Å². The summed E-state index contributed by atoms with van der Waals surface area (Å²) in [5.41, 5.74) is 7.03. The molecule has 1 aromatic rings. The zero-order valence-corrected chi connectivity index (χ0v) is 17.0. The summed E-state index contributed by atoms with van der Waals surface area (Å²) in [6.07, 6.45) is 16.0. The van der Waals surface area contributed by atoms with Crippen LogP contribution in [0, 0.1) is 25.7 Å². The first-order valence-corrected chi connectivity index (χ1v) is 9.14. The molecule has 0 N–H and O–H groups in total. The van der Waals surface area contributed by atoms with Crippen LogP contribution in [0.25, 0.3) is 17.3 Å². The summed E-state index contributed by atoms with van der Waals surface area (Å²) in [5, 5.41) is 0. The molecule has 26 heavy (non-hydrogen) atoms. The molecule has 0 aliphatic heterocycles. The summed E-state index contributed by atoms with van der Waals surface area (Å²) in [6, 6.07) is 0. The van der Waals surface area contributed by atoms with Gasteiger partial charge in [0.05, 0.1) is 5.69 Å². The van der Waals surface area contributed by atoms with Crippen molar-refractivity contribution in [1.82, 2.24) is 4.57 Å². The van der Waals surface area contributed by atoms with Gasteiger partial charge in [-0.3, -0.25) is 0 Å². The first-order valence-electron chi connectivity index (χ1n) is 9.14. The summed E-state index contributed by atoms with van der Waals surface area (Å²) in [7, 11) is 0. The van der Waals surface area contributed by atoms with Crippen LogP contribution in [0.3, 0.4) is 0 Å². The molecule has 0 amide bonds. The van der Waals surface area contributed by atoms with Crippen molar-refractivity contribution in [2.24, 2.45) is 11.8 Å². The molecule has 0 aliphatic carbocycles. The summed E-state index contributed by atoms with van der Waals surface area (Å²) < 4.78 is 2.25. The second-order valence-electron chi connectivity index (χ2n) is 6.86. The maximum atomic E-state index is 4.33. The Bertz CT molecular complexity index is 776. The average molecular weight is 348 g/mol. The minimum atomic E-state index is 0.306. The van der Waals surface area contributed by atoms with E-state index in [1.54, 1.807) is 6.08 Å². The van der Waals surface area contributed by atoms with E-state index < -0.39 is 0 Å². The van der Waals surface area contributed by atoms with Crippen molar-refractivity contribution in [3.05, 3.63) is 91.4 Å². The second-order valence-corrected chi connectivity index (χ2v) is 6.86. The lowest BCUT2D eigenvalue weighted by molar-refractivity contribution is 0.837. The highest BCUT2D eigenvalue weighted by Gasteiger charge is 2.21. The zero-order valence-electron chi connectivity index (χ0n) is 17.0. The smallest absolute Gasteiger partial charge is 0.0528 e. The van der Waals surface area contributed by atoms with E-state index in [0.29, 0.717) is 11.8 Å². The van der Waals surface area contributed by atoms with Crippen LogP contribution in [-0.4, -0.2) is 4.57 Å². The van der Waals surface area contributed by atoms with Crippen LogP contribution in [0.15, 0.2) is 68.8 Å². The Hall–Kier alpha value is -2.54. The van der Waals surface area contributed by atoms with E-state index >= 15 is 0 Å². The van der Waals surface area contributed by atoms with Gasteiger partial charge in [0.25, 0.3) is 0 Å². The van der Waals surface area contributed by atoms with Crippen molar-refractivity contribution in [3.8, 4) is 0 Å². The van der Waals surface area contributed by atoms with Crippen LogP contribution in [-0.2, 0) is 0 Å². The van der Waals surface area contributed by atoms with Gasteiger partial charge in [-0.25, -0.2) is 0 Å². The predicted molar refractivity (Wildman–Crippen MR) is 120 cm³/mol. The summed E-state index contributed by atoms with van der Waals surface area (Å²) in [5.74, 6) is 0.681. The van der Waals surface area contributed by atoms with Crippen molar-refractivity contribution in [3.63, 3.8) is 0 Å². The van der Waals surface area contributed by atoms with Crippen LogP contribution in [0.1, 0.15) is 43.3 Å². The van der Waals surface area contributed by atoms with Crippen LogP contribution < -0.4 is 0 Å². The van der Waals surface area contributed by atoms with Gasteiger partial charge in [-0.2, -0.15) is 0 Å². The van der Waals surface area contributed by atoms with E-state index in [4.69, 9.17) is 0 Å². The quantitative estimate of drug-likeness (QED) is 0.324. The molecule has 1 aromatic heterocycles. The third-order valence-corrected chi connectivity index (χ3v) is 4.55. The lowest BCUT2D eigenvalue weighted by Crippen LogP contribution is -2.06. The topological polar surface area (TPSA) is 4.93 Å². The van der Waals surface area contributed by atoms with Gasteiger partial charge in [0, 0.05) is 11.4 Å². The van der Waals surface area contributed by atoms with Gasteiger partial charge in [0.1, 0.15) is 0 Å². The van der Waals surface area contributed by atoms with Crippen molar-refractivity contribution >= 4 is 17.3 Å². The molecule has 0 bridgehead atoms. The van der Waals surface area contributed by atoms with Gasteiger partial charge in [-0.15, -0.1) is 6.58 Å². The maximum Gasteiger partial charge on any atom is 0.0528 e.